The van der Waals surface area contributed by atoms with Crippen molar-refractivity contribution in [1.82, 2.24) is 19.9 Å². The monoisotopic (exact) mass is 409 g/mol. The summed E-state index contributed by atoms with van der Waals surface area (Å²) in [5, 5.41) is 16.7. The molecule has 0 saturated carbocycles. The first-order valence-electron chi connectivity index (χ1n) is 10.2. The standard InChI is InChI=1S/C21H27N7O2/c1-15(14-30)23-20-18-6-7-22-19(18)25-21(26-20)24-16-2-4-17(5-3-16)28-10-8-27(9-11-28)12-13-29/h2-7,13,15,30H,8-12,14H2,1H3,(H3,22,23,24,25,26). The highest BCUT2D eigenvalue weighted by molar-refractivity contribution is 5.88. The van der Waals surface area contributed by atoms with Crippen LogP contribution in [0.3, 0.4) is 0 Å². The lowest BCUT2D eigenvalue weighted by atomic mass is 10.2. The zero-order valence-corrected chi connectivity index (χ0v) is 17.0. The minimum Gasteiger partial charge on any atom is -0.394 e. The van der Waals surface area contributed by atoms with Crippen LogP contribution in [0.5, 0.6) is 0 Å². The van der Waals surface area contributed by atoms with Gasteiger partial charge in [0.05, 0.1) is 18.5 Å². The molecular weight excluding hydrogens is 382 g/mol. The number of hydrogen-bond acceptors (Lipinski definition) is 8. The molecule has 30 heavy (non-hydrogen) atoms. The lowest BCUT2D eigenvalue weighted by molar-refractivity contribution is -0.108. The van der Waals surface area contributed by atoms with E-state index in [1.165, 1.54) is 0 Å². The number of nitrogens with zero attached hydrogens (tertiary/aromatic N) is 4. The molecule has 4 N–H and O–H groups in total. The normalized spacial score (nSPS) is 15.9. The Morgan fingerprint density at radius 3 is 2.63 bits per heavy atom. The molecule has 4 rings (SSSR count). The van der Waals surface area contributed by atoms with Crippen molar-refractivity contribution in [2.75, 3.05) is 54.9 Å². The predicted molar refractivity (Wildman–Crippen MR) is 119 cm³/mol. The number of anilines is 4. The number of aromatic nitrogens is 3. The number of aromatic amines is 1. The summed E-state index contributed by atoms with van der Waals surface area (Å²) in [5.74, 6) is 1.16. The Morgan fingerprint density at radius 1 is 1.17 bits per heavy atom. The summed E-state index contributed by atoms with van der Waals surface area (Å²) in [6.45, 7) is 6.02. The van der Waals surface area contributed by atoms with Crippen molar-refractivity contribution in [3.05, 3.63) is 36.5 Å². The summed E-state index contributed by atoms with van der Waals surface area (Å²) in [7, 11) is 0. The van der Waals surface area contributed by atoms with E-state index >= 15 is 0 Å². The topological polar surface area (TPSA) is 109 Å². The molecule has 1 saturated heterocycles. The molecular formula is C21H27N7O2. The highest BCUT2D eigenvalue weighted by Gasteiger charge is 2.17. The largest absolute Gasteiger partial charge is 0.394 e. The molecule has 0 radical (unpaired) electrons. The second kappa shape index (κ2) is 9.10. The molecule has 0 bridgehead atoms. The molecule has 1 aliphatic heterocycles. The van der Waals surface area contributed by atoms with Crippen molar-refractivity contribution in [3.8, 4) is 0 Å². The van der Waals surface area contributed by atoms with Gasteiger partial charge >= 0.3 is 0 Å². The summed E-state index contributed by atoms with van der Waals surface area (Å²) < 4.78 is 0. The first-order valence-corrected chi connectivity index (χ1v) is 10.2. The first-order chi connectivity index (χ1) is 14.7. The quantitative estimate of drug-likeness (QED) is 0.417. The number of piperazine rings is 1. The molecule has 1 aromatic carbocycles. The Bertz CT molecular complexity index is 981. The number of fused-ring (bicyclic) bond motifs is 1. The fraction of sp³-hybridized carbons (Fsp3) is 0.381. The van der Waals surface area contributed by atoms with E-state index < -0.39 is 0 Å². The summed E-state index contributed by atoms with van der Waals surface area (Å²) >= 11 is 0. The highest BCUT2D eigenvalue weighted by Crippen LogP contribution is 2.25. The summed E-state index contributed by atoms with van der Waals surface area (Å²) in [6.07, 6.45) is 2.79. The van der Waals surface area contributed by atoms with Crippen LogP contribution < -0.4 is 15.5 Å². The van der Waals surface area contributed by atoms with Crippen LogP contribution in [0, 0.1) is 0 Å². The van der Waals surface area contributed by atoms with Gasteiger partial charge in [-0.05, 0) is 37.3 Å². The van der Waals surface area contributed by atoms with Crippen molar-refractivity contribution in [1.29, 1.82) is 0 Å². The first kappa shape index (κ1) is 20.1. The smallest absolute Gasteiger partial charge is 0.231 e. The Labute approximate surface area is 175 Å². The van der Waals surface area contributed by atoms with Crippen LogP contribution >= 0.6 is 0 Å². The van der Waals surface area contributed by atoms with Gasteiger partial charge in [0.1, 0.15) is 17.8 Å². The van der Waals surface area contributed by atoms with E-state index in [0.717, 1.165) is 54.9 Å². The second-order valence-electron chi connectivity index (χ2n) is 7.49. The van der Waals surface area contributed by atoms with Crippen molar-refractivity contribution in [2.45, 2.75) is 13.0 Å². The van der Waals surface area contributed by atoms with Crippen LogP contribution in [0.25, 0.3) is 11.0 Å². The van der Waals surface area contributed by atoms with Crippen molar-refractivity contribution in [2.24, 2.45) is 0 Å². The van der Waals surface area contributed by atoms with Crippen LogP contribution in [0.15, 0.2) is 36.5 Å². The van der Waals surface area contributed by atoms with Crippen LogP contribution in [-0.2, 0) is 4.79 Å². The lowest BCUT2D eigenvalue weighted by Gasteiger charge is -2.35. The van der Waals surface area contributed by atoms with Gasteiger partial charge < -0.3 is 30.4 Å². The van der Waals surface area contributed by atoms with E-state index in [2.05, 4.69) is 47.5 Å². The van der Waals surface area contributed by atoms with Gasteiger partial charge in [-0.1, -0.05) is 0 Å². The maximum absolute atomic E-state index is 10.7. The molecule has 3 aromatic rings. The molecule has 9 nitrogen and oxygen atoms in total. The van der Waals surface area contributed by atoms with E-state index in [-0.39, 0.29) is 12.6 Å². The van der Waals surface area contributed by atoms with E-state index in [1.807, 2.05) is 31.3 Å². The summed E-state index contributed by atoms with van der Waals surface area (Å²) in [6, 6.07) is 9.99. The number of aliphatic hydroxyl groups excluding tert-OH is 1. The van der Waals surface area contributed by atoms with Crippen molar-refractivity contribution in [3.63, 3.8) is 0 Å². The maximum Gasteiger partial charge on any atom is 0.231 e. The Kier molecular flexibility index (Phi) is 6.10. The lowest BCUT2D eigenvalue weighted by Crippen LogP contribution is -2.46. The predicted octanol–water partition coefficient (Wildman–Crippen LogP) is 1.82. The summed E-state index contributed by atoms with van der Waals surface area (Å²) in [4.78, 5) is 27.4. The molecule has 3 heterocycles. The number of benzene rings is 1. The molecule has 1 aliphatic rings. The molecule has 1 unspecified atom stereocenters. The van der Waals surface area contributed by atoms with Crippen LogP contribution in [0.1, 0.15) is 6.92 Å². The van der Waals surface area contributed by atoms with Gasteiger partial charge in [-0.25, -0.2) is 0 Å². The average molecular weight is 409 g/mol. The fourth-order valence-electron chi connectivity index (χ4n) is 3.56. The third-order valence-electron chi connectivity index (χ3n) is 5.27. The van der Waals surface area contributed by atoms with Crippen molar-refractivity contribution >= 4 is 40.5 Å². The minimum absolute atomic E-state index is 0.0174. The number of aliphatic hydroxyl groups is 1. The number of H-pyrrole nitrogens is 1. The van der Waals surface area contributed by atoms with Gasteiger partial charge in [0.25, 0.3) is 0 Å². The van der Waals surface area contributed by atoms with Gasteiger partial charge in [-0.15, -0.1) is 0 Å². The third kappa shape index (κ3) is 4.52. The zero-order valence-electron chi connectivity index (χ0n) is 17.0. The number of hydrogen-bond donors (Lipinski definition) is 4. The van der Waals surface area contributed by atoms with Crippen LogP contribution in [0.4, 0.5) is 23.1 Å². The Balaban J connectivity index is 1.46. The Morgan fingerprint density at radius 2 is 1.93 bits per heavy atom. The van der Waals surface area contributed by atoms with Gasteiger partial charge in [0, 0.05) is 49.8 Å². The third-order valence-corrected chi connectivity index (χ3v) is 5.27. The van der Waals surface area contributed by atoms with Gasteiger partial charge in [-0.2, -0.15) is 9.97 Å². The van der Waals surface area contributed by atoms with Gasteiger partial charge in [0.15, 0.2) is 0 Å². The molecule has 2 aromatic heterocycles. The average Bonchev–Trinajstić information content (AvgIpc) is 3.24. The zero-order chi connectivity index (χ0) is 20.9. The molecule has 0 aliphatic carbocycles. The molecule has 158 valence electrons. The van der Waals surface area contributed by atoms with E-state index in [1.54, 1.807) is 0 Å². The molecule has 0 spiro atoms. The summed E-state index contributed by atoms with van der Waals surface area (Å²) in [5.41, 5.74) is 2.78. The Hall–Kier alpha value is -3.17. The number of carbonyl (C=O) groups is 1. The highest BCUT2D eigenvalue weighted by atomic mass is 16.3. The molecule has 1 atom stereocenters. The molecule has 0 amide bonds. The number of aldehydes is 1. The van der Waals surface area contributed by atoms with Gasteiger partial charge in [0.2, 0.25) is 5.95 Å². The number of carbonyl (C=O) groups excluding carboxylic acids is 1. The maximum atomic E-state index is 10.7. The van der Waals surface area contributed by atoms with Crippen LogP contribution in [0.2, 0.25) is 0 Å². The van der Waals surface area contributed by atoms with Crippen LogP contribution in [-0.4, -0.2) is 76.6 Å². The SMILES string of the molecule is CC(CO)Nc1nc(Nc2ccc(N3CCN(CC=O)CC3)cc2)nc2[nH]ccc12. The molecule has 1 fully saturated rings. The number of rotatable bonds is 8. The minimum atomic E-state index is -0.114. The van der Waals surface area contributed by atoms with Crippen molar-refractivity contribution < 1.29 is 9.90 Å². The van der Waals surface area contributed by atoms with E-state index in [0.29, 0.717) is 18.3 Å². The fourth-order valence-corrected chi connectivity index (χ4v) is 3.56. The van der Waals surface area contributed by atoms with Gasteiger partial charge in [-0.3, -0.25) is 4.90 Å². The van der Waals surface area contributed by atoms with E-state index in [9.17, 15) is 9.90 Å². The van der Waals surface area contributed by atoms with E-state index in [4.69, 9.17) is 0 Å². The number of nitrogens with one attached hydrogen (secondary N) is 3. The molecule has 9 heteroatoms. The second-order valence-corrected chi connectivity index (χ2v) is 7.49.